The molecule has 0 saturated heterocycles. The van der Waals surface area contributed by atoms with Gasteiger partial charge in [-0.3, -0.25) is 10.1 Å². The molecule has 3 N–H and O–H groups in total. The first-order chi connectivity index (χ1) is 16.5. The molecule has 0 spiro atoms. The molecular weight excluding hydrogens is 458 g/mol. The minimum atomic E-state index is -1.10. The monoisotopic (exact) mass is 481 g/mol. The van der Waals surface area contributed by atoms with E-state index >= 15 is 0 Å². The summed E-state index contributed by atoms with van der Waals surface area (Å²) in [5.41, 5.74) is 4.63. The van der Waals surface area contributed by atoms with Crippen molar-refractivity contribution in [1.82, 2.24) is 10.3 Å². The van der Waals surface area contributed by atoms with Gasteiger partial charge in [0.15, 0.2) is 11.2 Å². The predicted molar refractivity (Wildman–Crippen MR) is 126 cm³/mol. The molecule has 0 bridgehead atoms. The van der Waals surface area contributed by atoms with Gasteiger partial charge < -0.3 is 19.9 Å². The molecule has 1 atom stereocenters. The fourth-order valence-electron chi connectivity index (χ4n) is 3.91. The first kappa shape index (κ1) is 23.4. The summed E-state index contributed by atoms with van der Waals surface area (Å²) < 4.78 is 10.3. The Bertz CT molecular complexity index is 1170. The molecule has 9 nitrogen and oxygen atoms in total. The van der Waals surface area contributed by atoms with Crippen LogP contribution in [0.2, 0.25) is 0 Å². The highest BCUT2D eigenvalue weighted by molar-refractivity contribution is 7.14. The van der Waals surface area contributed by atoms with Crippen molar-refractivity contribution >= 4 is 34.4 Å². The van der Waals surface area contributed by atoms with Gasteiger partial charge in [-0.05, 0) is 22.3 Å². The molecule has 34 heavy (non-hydrogen) atoms. The summed E-state index contributed by atoms with van der Waals surface area (Å²) in [5, 5.41) is 15.8. The van der Waals surface area contributed by atoms with Crippen molar-refractivity contribution in [2.75, 3.05) is 25.6 Å². The minimum Gasteiger partial charge on any atom is -0.479 e. The molecule has 1 aromatic heterocycles. The van der Waals surface area contributed by atoms with E-state index in [0.29, 0.717) is 0 Å². The molecule has 2 aromatic carbocycles. The van der Waals surface area contributed by atoms with Crippen molar-refractivity contribution in [1.29, 1.82) is 0 Å². The Morgan fingerprint density at radius 2 is 1.74 bits per heavy atom. The van der Waals surface area contributed by atoms with Crippen LogP contribution in [0.5, 0.6) is 0 Å². The first-order valence-electron chi connectivity index (χ1n) is 10.6. The van der Waals surface area contributed by atoms with Gasteiger partial charge in [0.05, 0.1) is 0 Å². The molecule has 0 saturated carbocycles. The lowest BCUT2D eigenvalue weighted by Gasteiger charge is -2.14. The third kappa shape index (κ3) is 5.08. The number of anilines is 1. The van der Waals surface area contributed by atoms with E-state index in [-0.39, 0.29) is 36.3 Å². The van der Waals surface area contributed by atoms with E-state index in [4.69, 9.17) is 14.6 Å². The molecular formula is C24H23N3O6S. The van der Waals surface area contributed by atoms with Crippen molar-refractivity contribution in [3.63, 3.8) is 0 Å². The van der Waals surface area contributed by atoms with Crippen LogP contribution in [-0.4, -0.2) is 54.4 Å². The third-order valence-electron chi connectivity index (χ3n) is 5.54. The fraction of sp³-hybridized carbons (Fsp3) is 0.250. The summed E-state index contributed by atoms with van der Waals surface area (Å²) in [5.74, 6) is -1.63. The zero-order chi connectivity index (χ0) is 24.1. The van der Waals surface area contributed by atoms with Gasteiger partial charge in [0.1, 0.15) is 12.3 Å². The molecule has 0 fully saturated rings. The number of hydrogen-bond acceptors (Lipinski definition) is 7. The second kappa shape index (κ2) is 10.4. The number of fused-ring (bicyclic) bond motifs is 3. The number of nitrogens with zero attached hydrogens (tertiary/aromatic N) is 1. The highest BCUT2D eigenvalue weighted by Gasteiger charge is 2.29. The highest BCUT2D eigenvalue weighted by atomic mass is 32.1. The van der Waals surface area contributed by atoms with E-state index in [9.17, 15) is 14.4 Å². The number of rotatable bonds is 9. The lowest BCUT2D eigenvalue weighted by molar-refractivity contribution is -0.148. The molecule has 10 heteroatoms. The summed E-state index contributed by atoms with van der Waals surface area (Å²) in [4.78, 5) is 39.6. The van der Waals surface area contributed by atoms with Crippen LogP contribution in [0.3, 0.4) is 0 Å². The largest absolute Gasteiger partial charge is 0.479 e. The first-order valence-corrected chi connectivity index (χ1v) is 11.5. The van der Waals surface area contributed by atoms with Crippen LogP contribution in [0.4, 0.5) is 9.93 Å². The molecule has 4 rings (SSSR count). The maximum atomic E-state index is 12.4. The van der Waals surface area contributed by atoms with Crippen molar-refractivity contribution in [2.24, 2.45) is 0 Å². The molecule has 1 aliphatic carbocycles. The number of ether oxygens (including phenoxy) is 2. The Kier molecular flexibility index (Phi) is 7.19. The van der Waals surface area contributed by atoms with Gasteiger partial charge in [0.25, 0.3) is 5.91 Å². The number of carboxylic acid groups (broad SMARTS) is 1. The van der Waals surface area contributed by atoms with Gasteiger partial charge in [0.2, 0.25) is 0 Å². The lowest BCUT2D eigenvalue weighted by Crippen LogP contribution is -2.31. The summed E-state index contributed by atoms with van der Waals surface area (Å²) in [6, 6.07) is 16.1. The SMILES string of the molecule is COC(CCNC(=O)c1csc(NC(=O)OCC2c3ccccc3-c3ccccc32)n1)C(=O)O. The third-order valence-corrected chi connectivity index (χ3v) is 6.30. The molecule has 1 aliphatic rings. The Hall–Kier alpha value is -3.76. The van der Waals surface area contributed by atoms with E-state index in [1.807, 2.05) is 36.4 Å². The summed E-state index contributed by atoms with van der Waals surface area (Å²) in [6.45, 7) is 0.277. The van der Waals surface area contributed by atoms with Crippen molar-refractivity contribution in [2.45, 2.75) is 18.4 Å². The maximum Gasteiger partial charge on any atom is 0.413 e. The summed E-state index contributed by atoms with van der Waals surface area (Å²) in [7, 11) is 1.29. The number of methoxy groups -OCH3 is 1. The second-order valence-electron chi connectivity index (χ2n) is 7.60. The number of thiazole rings is 1. The van der Waals surface area contributed by atoms with E-state index in [2.05, 4.69) is 27.8 Å². The molecule has 1 heterocycles. The van der Waals surface area contributed by atoms with Gasteiger partial charge in [-0.25, -0.2) is 14.6 Å². The fourth-order valence-corrected chi connectivity index (χ4v) is 4.58. The topological polar surface area (TPSA) is 127 Å². The van der Waals surface area contributed by atoms with Crippen LogP contribution >= 0.6 is 11.3 Å². The molecule has 3 aromatic rings. The van der Waals surface area contributed by atoms with E-state index in [1.54, 1.807) is 0 Å². The molecule has 0 aliphatic heterocycles. The Morgan fingerprint density at radius 3 is 2.35 bits per heavy atom. The number of amides is 2. The normalized spacial score (nSPS) is 13.0. The van der Waals surface area contributed by atoms with E-state index in [1.165, 1.54) is 12.5 Å². The van der Waals surface area contributed by atoms with Gasteiger partial charge in [-0.2, -0.15) is 0 Å². The molecule has 0 radical (unpaired) electrons. The van der Waals surface area contributed by atoms with Crippen LogP contribution in [0.1, 0.15) is 34.0 Å². The van der Waals surface area contributed by atoms with Gasteiger partial charge in [-0.1, -0.05) is 48.5 Å². The summed E-state index contributed by atoms with van der Waals surface area (Å²) >= 11 is 1.09. The molecule has 2 amide bonds. The molecule has 1 unspecified atom stereocenters. The second-order valence-corrected chi connectivity index (χ2v) is 8.45. The zero-order valence-electron chi connectivity index (χ0n) is 18.3. The van der Waals surface area contributed by atoms with Crippen LogP contribution < -0.4 is 10.6 Å². The van der Waals surface area contributed by atoms with Crippen molar-refractivity contribution in [3.05, 3.63) is 70.7 Å². The average molecular weight is 482 g/mol. The lowest BCUT2D eigenvalue weighted by atomic mass is 9.98. The van der Waals surface area contributed by atoms with Gasteiger partial charge in [-0.15, -0.1) is 11.3 Å². The Labute approximate surface area is 199 Å². The van der Waals surface area contributed by atoms with Crippen LogP contribution in [0, 0.1) is 0 Å². The standard InChI is InChI=1S/C24H23N3O6S/c1-32-20(22(29)30)10-11-25-21(28)19-13-34-23(26-19)27-24(31)33-12-18-16-8-4-2-6-14(16)15-7-3-5-9-17(15)18/h2-9,13,18,20H,10-12H2,1H3,(H,25,28)(H,29,30)(H,26,27,31). The number of aromatic nitrogens is 1. The average Bonchev–Trinajstić information content (AvgIpc) is 3.43. The number of hydrogen-bond donors (Lipinski definition) is 3. The van der Waals surface area contributed by atoms with E-state index in [0.717, 1.165) is 33.6 Å². The predicted octanol–water partition coefficient (Wildman–Crippen LogP) is 3.72. The highest BCUT2D eigenvalue weighted by Crippen LogP contribution is 2.44. The van der Waals surface area contributed by atoms with E-state index < -0.39 is 24.1 Å². The van der Waals surface area contributed by atoms with Crippen molar-refractivity contribution < 1.29 is 29.0 Å². The van der Waals surface area contributed by atoms with Gasteiger partial charge >= 0.3 is 12.1 Å². The summed E-state index contributed by atoms with van der Waals surface area (Å²) in [6.07, 6.45) is -1.54. The number of carbonyl (C=O) groups excluding carboxylic acids is 2. The molecule has 176 valence electrons. The Balaban J connectivity index is 1.30. The number of carbonyl (C=O) groups is 3. The minimum absolute atomic E-state index is 0.0579. The van der Waals surface area contributed by atoms with Crippen LogP contribution in [0.15, 0.2) is 53.9 Å². The number of nitrogens with one attached hydrogen (secondary N) is 2. The van der Waals surface area contributed by atoms with Crippen molar-refractivity contribution in [3.8, 4) is 11.1 Å². The number of benzene rings is 2. The zero-order valence-corrected chi connectivity index (χ0v) is 19.1. The van der Waals surface area contributed by atoms with Gasteiger partial charge in [0, 0.05) is 31.4 Å². The quantitative estimate of drug-likeness (QED) is 0.425. The Morgan fingerprint density at radius 1 is 1.09 bits per heavy atom. The smallest absolute Gasteiger partial charge is 0.413 e. The number of aliphatic carboxylic acids is 1. The number of carboxylic acids is 1. The maximum absolute atomic E-state index is 12.4. The van der Waals surface area contributed by atoms with Crippen LogP contribution in [-0.2, 0) is 14.3 Å². The van der Waals surface area contributed by atoms with Crippen LogP contribution in [0.25, 0.3) is 11.1 Å².